The first-order valence-electron chi connectivity index (χ1n) is 3.79. The van der Waals surface area contributed by atoms with Gasteiger partial charge in [-0.3, -0.25) is 5.10 Å². The van der Waals surface area contributed by atoms with E-state index in [-0.39, 0.29) is 0 Å². The van der Waals surface area contributed by atoms with Crippen molar-refractivity contribution in [3.05, 3.63) is 28.4 Å². The number of aromatic amines is 1. The van der Waals surface area contributed by atoms with Gasteiger partial charge in [0, 0.05) is 10.4 Å². The summed E-state index contributed by atoms with van der Waals surface area (Å²) in [5.41, 5.74) is 3.11. The van der Waals surface area contributed by atoms with Gasteiger partial charge in [0.25, 0.3) is 0 Å². The largest absolute Gasteiger partial charge is 0.278 e. The molecule has 2 rings (SSSR count). The van der Waals surface area contributed by atoms with E-state index in [9.17, 15) is 0 Å². The lowest BCUT2D eigenvalue weighted by Gasteiger charge is -1.96. The number of aryl methyl sites for hydroxylation is 2. The lowest BCUT2D eigenvalue weighted by atomic mass is 10.1. The van der Waals surface area contributed by atoms with Gasteiger partial charge in [-0.15, -0.1) is 0 Å². The Bertz CT molecular complexity index is 431. The minimum absolute atomic E-state index is 0.783. The van der Waals surface area contributed by atoms with E-state index in [1.54, 1.807) is 0 Å². The Morgan fingerprint density at radius 1 is 1.33 bits per heavy atom. The van der Waals surface area contributed by atoms with Crippen molar-refractivity contribution in [2.75, 3.05) is 0 Å². The molecule has 0 spiro atoms. The van der Waals surface area contributed by atoms with Crippen molar-refractivity contribution in [2.45, 2.75) is 13.8 Å². The molecule has 0 atom stereocenters. The van der Waals surface area contributed by atoms with Gasteiger partial charge in [0.2, 0.25) is 0 Å². The molecule has 0 saturated heterocycles. The normalized spacial score (nSPS) is 10.9. The zero-order chi connectivity index (χ0) is 8.72. The van der Waals surface area contributed by atoms with Crippen molar-refractivity contribution in [1.29, 1.82) is 0 Å². The van der Waals surface area contributed by atoms with Crippen LogP contribution in [-0.2, 0) is 0 Å². The molecule has 1 aromatic heterocycles. The Morgan fingerprint density at radius 3 is 2.83 bits per heavy atom. The molecule has 3 heteroatoms. The van der Waals surface area contributed by atoms with Crippen LogP contribution in [0.15, 0.2) is 12.1 Å². The van der Waals surface area contributed by atoms with Gasteiger partial charge in [0.15, 0.2) is 0 Å². The number of hydrogen-bond acceptors (Lipinski definition) is 1. The molecule has 1 aromatic carbocycles. The standard InChI is InChI=1S/C9H9ClN2/c1-5-3-7-6(2)11-12-9(7)4-8(5)10/h3-4H,1-2H3,(H,11,12). The minimum atomic E-state index is 0.783. The summed E-state index contributed by atoms with van der Waals surface area (Å²) < 4.78 is 0. The summed E-state index contributed by atoms with van der Waals surface area (Å²) in [6, 6.07) is 3.96. The molecule has 0 bridgehead atoms. The molecule has 0 saturated carbocycles. The summed E-state index contributed by atoms with van der Waals surface area (Å²) in [6.07, 6.45) is 0. The number of rotatable bonds is 0. The van der Waals surface area contributed by atoms with Gasteiger partial charge in [-0.1, -0.05) is 11.6 Å². The predicted molar refractivity (Wildman–Crippen MR) is 50.6 cm³/mol. The maximum absolute atomic E-state index is 5.95. The molecule has 2 aromatic rings. The molecule has 0 radical (unpaired) electrons. The zero-order valence-electron chi connectivity index (χ0n) is 6.98. The molecule has 0 amide bonds. The molecule has 0 fully saturated rings. The molecule has 12 heavy (non-hydrogen) atoms. The van der Waals surface area contributed by atoms with Crippen LogP contribution in [0.4, 0.5) is 0 Å². The highest BCUT2D eigenvalue weighted by atomic mass is 35.5. The summed E-state index contributed by atoms with van der Waals surface area (Å²) in [4.78, 5) is 0. The van der Waals surface area contributed by atoms with Crippen LogP contribution in [-0.4, -0.2) is 10.2 Å². The highest BCUT2D eigenvalue weighted by molar-refractivity contribution is 6.32. The van der Waals surface area contributed by atoms with E-state index >= 15 is 0 Å². The molecular formula is C9H9ClN2. The van der Waals surface area contributed by atoms with Crippen molar-refractivity contribution in [2.24, 2.45) is 0 Å². The number of fused-ring (bicyclic) bond motifs is 1. The van der Waals surface area contributed by atoms with Crippen LogP contribution in [0.1, 0.15) is 11.3 Å². The second kappa shape index (κ2) is 2.49. The first-order valence-corrected chi connectivity index (χ1v) is 4.17. The third-order valence-electron chi connectivity index (χ3n) is 2.03. The average molecular weight is 181 g/mol. The second-order valence-corrected chi connectivity index (χ2v) is 3.36. The highest BCUT2D eigenvalue weighted by Crippen LogP contribution is 2.23. The molecule has 2 nitrogen and oxygen atoms in total. The SMILES string of the molecule is Cc1cc2c(C)n[nH]c2cc1Cl. The average Bonchev–Trinajstić information content (AvgIpc) is 2.35. The summed E-state index contributed by atoms with van der Waals surface area (Å²) in [5, 5.41) is 8.95. The van der Waals surface area contributed by atoms with E-state index in [0.717, 1.165) is 27.2 Å². The Kier molecular flexibility index (Phi) is 1.58. The van der Waals surface area contributed by atoms with Crippen molar-refractivity contribution in [3.63, 3.8) is 0 Å². The Balaban J connectivity index is 2.87. The fourth-order valence-corrected chi connectivity index (χ4v) is 1.44. The lowest BCUT2D eigenvalue weighted by Crippen LogP contribution is -1.76. The van der Waals surface area contributed by atoms with Crippen LogP contribution in [0.3, 0.4) is 0 Å². The summed E-state index contributed by atoms with van der Waals surface area (Å²) in [6.45, 7) is 3.97. The van der Waals surface area contributed by atoms with Crippen molar-refractivity contribution in [3.8, 4) is 0 Å². The zero-order valence-corrected chi connectivity index (χ0v) is 7.74. The molecule has 1 N–H and O–H groups in total. The topological polar surface area (TPSA) is 28.7 Å². The van der Waals surface area contributed by atoms with E-state index in [0.29, 0.717) is 0 Å². The van der Waals surface area contributed by atoms with Crippen molar-refractivity contribution >= 4 is 22.5 Å². The van der Waals surface area contributed by atoms with Crippen LogP contribution in [0, 0.1) is 13.8 Å². The quantitative estimate of drug-likeness (QED) is 0.664. The van der Waals surface area contributed by atoms with Gasteiger partial charge in [0.1, 0.15) is 0 Å². The van der Waals surface area contributed by atoms with Gasteiger partial charge in [-0.25, -0.2) is 0 Å². The van der Waals surface area contributed by atoms with Gasteiger partial charge in [-0.2, -0.15) is 5.10 Å². The molecule has 0 unspecified atom stereocenters. The smallest absolute Gasteiger partial charge is 0.0670 e. The molecule has 0 aliphatic rings. The monoisotopic (exact) mass is 180 g/mol. The molecule has 62 valence electrons. The van der Waals surface area contributed by atoms with Crippen LogP contribution >= 0.6 is 11.6 Å². The van der Waals surface area contributed by atoms with Crippen molar-refractivity contribution in [1.82, 2.24) is 10.2 Å². The van der Waals surface area contributed by atoms with E-state index < -0.39 is 0 Å². The summed E-state index contributed by atoms with van der Waals surface area (Å²) >= 11 is 5.95. The third-order valence-corrected chi connectivity index (χ3v) is 2.44. The van der Waals surface area contributed by atoms with E-state index in [1.807, 2.05) is 19.9 Å². The summed E-state index contributed by atoms with van der Waals surface area (Å²) in [5.74, 6) is 0. The predicted octanol–water partition coefficient (Wildman–Crippen LogP) is 2.83. The Hall–Kier alpha value is -1.02. The first kappa shape index (κ1) is 7.62. The van der Waals surface area contributed by atoms with Crippen molar-refractivity contribution < 1.29 is 0 Å². The third kappa shape index (κ3) is 0.994. The number of nitrogens with zero attached hydrogens (tertiary/aromatic N) is 1. The van der Waals surface area contributed by atoms with Gasteiger partial charge in [0.05, 0.1) is 11.2 Å². The van der Waals surface area contributed by atoms with Gasteiger partial charge in [-0.05, 0) is 31.5 Å². The number of H-pyrrole nitrogens is 1. The van der Waals surface area contributed by atoms with Crippen LogP contribution < -0.4 is 0 Å². The number of nitrogens with one attached hydrogen (secondary N) is 1. The first-order chi connectivity index (χ1) is 5.68. The van der Waals surface area contributed by atoms with E-state index in [2.05, 4.69) is 16.3 Å². The number of hydrogen-bond donors (Lipinski definition) is 1. The minimum Gasteiger partial charge on any atom is -0.278 e. The molecule has 1 heterocycles. The van der Waals surface area contributed by atoms with Gasteiger partial charge < -0.3 is 0 Å². The van der Waals surface area contributed by atoms with Crippen LogP contribution in [0.25, 0.3) is 10.9 Å². The second-order valence-electron chi connectivity index (χ2n) is 2.96. The molecule has 0 aliphatic carbocycles. The fourth-order valence-electron chi connectivity index (χ4n) is 1.28. The number of halogens is 1. The maximum Gasteiger partial charge on any atom is 0.0670 e. The molecular weight excluding hydrogens is 172 g/mol. The highest BCUT2D eigenvalue weighted by Gasteiger charge is 2.03. The van der Waals surface area contributed by atoms with Gasteiger partial charge >= 0.3 is 0 Å². The maximum atomic E-state index is 5.95. The van der Waals surface area contributed by atoms with Crippen LogP contribution in [0.2, 0.25) is 5.02 Å². The summed E-state index contributed by atoms with van der Waals surface area (Å²) in [7, 11) is 0. The lowest BCUT2D eigenvalue weighted by molar-refractivity contribution is 1.07. The van der Waals surface area contributed by atoms with E-state index in [1.165, 1.54) is 0 Å². The van der Waals surface area contributed by atoms with E-state index in [4.69, 9.17) is 11.6 Å². The molecule has 0 aliphatic heterocycles. The van der Waals surface area contributed by atoms with Crippen LogP contribution in [0.5, 0.6) is 0 Å². The number of aromatic nitrogens is 2. The Labute approximate surface area is 75.5 Å². The fraction of sp³-hybridized carbons (Fsp3) is 0.222. The Morgan fingerprint density at radius 2 is 2.08 bits per heavy atom. The number of benzene rings is 1.